The Morgan fingerprint density at radius 3 is 2.48 bits per heavy atom. The van der Waals surface area contributed by atoms with E-state index >= 15 is 0 Å². The van der Waals surface area contributed by atoms with Crippen LogP contribution in [0, 0.1) is 0 Å². The highest BCUT2D eigenvalue weighted by Gasteiger charge is 2.45. The molecular formula is C26H34N4O. The van der Waals surface area contributed by atoms with E-state index in [2.05, 4.69) is 63.1 Å². The lowest BCUT2D eigenvalue weighted by atomic mass is 9.73. The number of hydrogen-bond acceptors (Lipinski definition) is 4. The molecule has 1 aromatic heterocycles. The molecule has 0 bridgehead atoms. The van der Waals surface area contributed by atoms with Gasteiger partial charge in [-0.15, -0.1) is 0 Å². The molecule has 3 aliphatic rings. The lowest BCUT2D eigenvalue weighted by Gasteiger charge is -2.40. The molecule has 1 amide bonds. The maximum atomic E-state index is 13.1. The van der Waals surface area contributed by atoms with Crippen LogP contribution in [0.3, 0.4) is 0 Å². The van der Waals surface area contributed by atoms with Crippen molar-refractivity contribution in [1.82, 2.24) is 19.7 Å². The highest BCUT2D eigenvalue weighted by atomic mass is 16.2. The molecule has 1 spiro atoms. The van der Waals surface area contributed by atoms with Gasteiger partial charge in [-0.1, -0.05) is 30.3 Å². The van der Waals surface area contributed by atoms with Gasteiger partial charge in [0, 0.05) is 45.3 Å². The monoisotopic (exact) mass is 418 g/mol. The van der Waals surface area contributed by atoms with E-state index in [1.165, 1.54) is 24.0 Å². The Morgan fingerprint density at radius 2 is 1.74 bits per heavy atom. The number of pyridine rings is 1. The summed E-state index contributed by atoms with van der Waals surface area (Å²) in [5.74, 6) is 0.711. The molecular weight excluding hydrogens is 384 g/mol. The number of benzene rings is 1. The number of carbonyl (C=O) groups is 1. The summed E-state index contributed by atoms with van der Waals surface area (Å²) < 4.78 is 0. The van der Waals surface area contributed by atoms with Gasteiger partial charge in [-0.05, 0) is 74.0 Å². The summed E-state index contributed by atoms with van der Waals surface area (Å²) in [6, 6.07) is 15.1. The highest BCUT2D eigenvalue weighted by molar-refractivity contribution is 5.77. The maximum absolute atomic E-state index is 13.1. The number of aromatic nitrogens is 1. The smallest absolute Gasteiger partial charge is 0.223 e. The number of nitrogens with zero attached hydrogens (tertiary/aromatic N) is 4. The minimum absolute atomic E-state index is 0.240. The topological polar surface area (TPSA) is 39.7 Å². The minimum Gasteiger partial charge on any atom is -0.340 e. The third-order valence-electron chi connectivity index (χ3n) is 7.81. The van der Waals surface area contributed by atoms with E-state index in [1.54, 1.807) is 0 Å². The molecule has 1 atom stereocenters. The fraction of sp³-hybridized carbons (Fsp3) is 0.538. The molecule has 1 aromatic carbocycles. The largest absolute Gasteiger partial charge is 0.340 e. The molecule has 0 radical (unpaired) electrons. The van der Waals surface area contributed by atoms with Crippen molar-refractivity contribution in [2.45, 2.75) is 43.6 Å². The van der Waals surface area contributed by atoms with Gasteiger partial charge < -0.3 is 9.80 Å². The number of amides is 1. The van der Waals surface area contributed by atoms with Crippen molar-refractivity contribution in [2.75, 3.05) is 46.3 Å². The van der Waals surface area contributed by atoms with Gasteiger partial charge in [0.05, 0.1) is 5.69 Å². The summed E-state index contributed by atoms with van der Waals surface area (Å²) in [6.07, 6.45) is 6.03. The van der Waals surface area contributed by atoms with Gasteiger partial charge >= 0.3 is 0 Å². The van der Waals surface area contributed by atoms with Gasteiger partial charge in [0.2, 0.25) is 5.91 Å². The molecule has 1 aliphatic carbocycles. The molecule has 5 nitrogen and oxygen atoms in total. The molecule has 0 saturated carbocycles. The van der Waals surface area contributed by atoms with Gasteiger partial charge in [0.1, 0.15) is 0 Å². The van der Waals surface area contributed by atoms with Crippen LogP contribution in [0.1, 0.15) is 48.4 Å². The van der Waals surface area contributed by atoms with E-state index < -0.39 is 0 Å². The molecule has 31 heavy (non-hydrogen) atoms. The second-order valence-electron chi connectivity index (χ2n) is 9.75. The molecule has 0 N–H and O–H groups in total. The maximum Gasteiger partial charge on any atom is 0.223 e. The molecule has 2 saturated heterocycles. The average Bonchev–Trinajstić information content (AvgIpc) is 3.10. The molecule has 2 aromatic rings. The van der Waals surface area contributed by atoms with Gasteiger partial charge in [-0.2, -0.15) is 0 Å². The first-order valence-electron chi connectivity index (χ1n) is 11.8. The van der Waals surface area contributed by atoms with Gasteiger partial charge in [-0.25, -0.2) is 0 Å². The lowest BCUT2D eigenvalue weighted by Crippen LogP contribution is -2.47. The lowest BCUT2D eigenvalue weighted by molar-refractivity contribution is -0.133. The van der Waals surface area contributed by atoms with E-state index in [4.69, 9.17) is 0 Å². The zero-order chi connectivity index (χ0) is 21.3. The van der Waals surface area contributed by atoms with Crippen LogP contribution < -0.4 is 0 Å². The van der Waals surface area contributed by atoms with Gasteiger partial charge in [0.15, 0.2) is 0 Å². The number of piperidine rings is 1. The Kier molecular flexibility index (Phi) is 5.81. The Balaban J connectivity index is 1.26. The van der Waals surface area contributed by atoms with Crippen LogP contribution in [0.2, 0.25) is 0 Å². The number of piperazine rings is 1. The zero-order valence-electron chi connectivity index (χ0n) is 18.7. The van der Waals surface area contributed by atoms with Crippen molar-refractivity contribution < 1.29 is 4.79 Å². The Hall–Kier alpha value is -2.24. The average molecular weight is 419 g/mol. The first kappa shape index (κ1) is 20.7. The number of rotatable bonds is 4. The second kappa shape index (κ2) is 8.71. The predicted octanol–water partition coefficient (Wildman–Crippen LogP) is 3.27. The van der Waals surface area contributed by atoms with Gasteiger partial charge in [0.25, 0.3) is 0 Å². The molecule has 5 rings (SSSR count). The zero-order valence-corrected chi connectivity index (χ0v) is 18.7. The summed E-state index contributed by atoms with van der Waals surface area (Å²) in [6.45, 7) is 6.86. The molecule has 164 valence electrons. The van der Waals surface area contributed by atoms with Gasteiger partial charge in [-0.3, -0.25) is 14.7 Å². The van der Waals surface area contributed by atoms with Crippen molar-refractivity contribution in [1.29, 1.82) is 0 Å². The Bertz CT molecular complexity index is 899. The van der Waals surface area contributed by atoms with E-state index in [9.17, 15) is 4.79 Å². The number of hydrogen-bond donors (Lipinski definition) is 0. The van der Waals surface area contributed by atoms with E-state index in [0.29, 0.717) is 18.2 Å². The summed E-state index contributed by atoms with van der Waals surface area (Å²) in [5, 5.41) is 0. The summed E-state index contributed by atoms with van der Waals surface area (Å²) in [4.78, 5) is 24.5. The van der Waals surface area contributed by atoms with Crippen molar-refractivity contribution in [2.24, 2.45) is 0 Å². The number of likely N-dealkylation sites (tertiary alicyclic amines) is 1. The van der Waals surface area contributed by atoms with Crippen LogP contribution in [-0.2, 0) is 16.8 Å². The van der Waals surface area contributed by atoms with Crippen molar-refractivity contribution >= 4 is 5.91 Å². The Morgan fingerprint density at radius 1 is 1.00 bits per heavy atom. The summed E-state index contributed by atoms with van der Waals surface area (Å²) in [7, 11) is 2.14. The van der Waals surface area contributed by atoms with Crippen LogP contribution in [0.15, 0.2) is 48.7 Å². The summed E-state index contributed by atoms with van der Waals surface area (Å²) >= 11 is 0. The van der Waals surface area contributed by atoms with Crippen LogP contribution in [0.5, 0.6) is 0 Å². The van der Waals surface area contributed by atoms with Crippen LogP contribution in [0.25, 0.3) is 0 Å². The quantitative estimate of drug-likeness (QED) is 0.764. The molecule has 2 aliphatic heterocycles. The van der Waals surface area contributed by atoms with E-state index in [1.807, 2.05) is 12.3 Å². The Labute approximate surface area is 186 Å². The fourth-order valence-corrected chi connectivity index (χ4v) is 5.94. The van der Waals surface area contributed by atoms with Crippen molar-refractivity contribution in [3.8, 4) is 0 Å². The predicted molar refractivity (Wildman–Crippen MR) is 123 cm³/mol. The SMILES string of the molecule is CN1CCN(C(=O)CC2CC3(CCN(Cc4ccccn4)CC3)c3ccccc32)CC1. The van der Waals surface area contributed by atoms with E-state index in [-0.39, 0.29) is 5.41 Å². The number of fused-ring (bicyclic) bond motifs is 2. The molecule has 1 unspecified atom stereocenters. The van der Waals surface area contributed by atoms with Crippen LogP contribution in [0.4, 0.5) is 0 Å². The highest BCUT2D eigenvalue weighted by Crippen LogP contribution is 2.52. The van der Waals surface area contributed by atoms with E-state index in [0.717, 1.165) is 57.9 Å². The van der Waals surface area contributed by atoms with Crippen LogP contribution in [-0.4, -0.2) is 71.9 Å². The normalized spacial score (nSPS) is 23.8. The first-order chi connectivity index (χ1) is 15.1. The molecule has 5 heteroatoms. The third-order valence-corrected chi connectivity index (χ3v) is 7.81. The molecule has 3 heterocycles. The van der Waals surface area contributed by atoms with Crippen LogP contribution >= 0.6 is 0 Å². The standard InChI is InChI=1S/C26H34N4O/c1-28-14-16-30(17-15-28)25(31)18-21-19-26(24-8-3-2-7-23(21)24)9-12-29(13-10-26)20-22-6-4-5-11-27-22/h2-8,11,21H,9-10,12-20H2,1H3. The first-order valence-corrected chi connectivity index (χ1v) is 11.8. The van der Waals surface area contributed by atoms with Crippen molar-refractivity contribution in [3.05, 3.63) is 65.5 Å². The number of likely N-dealkylation sites (N-methyl/N-ethyl adjacent to an activating group) is 1. The van der Waals surface area contributed by atoms with Crippen molar-refractivity contribution in [3.63, 3.8) is 0 Å². The third kappa shape index (κ3) is 4.26. The fourth-order valence-electron chi connectivity index (χ4n) is 5.94. The minimum atomic E-state index is 0.240. The second-order valence-corrected chi connectivity index (χ2v) is 9.75. The number of carbonyl (C=O) groups excluding carboxylic acids is 1. The summed E-state index contributed by atoms with van der Waals surface area (Å²) in [5.41, 5.74) is 4.34. The molecule has 2 fully saturated rings.